The van der Waals surface area contributed by atoms with E-state index in [1.807, 2.05) is 35.7 Å². The number of hydrogen-bond acceptors (Lipinski definition) is 5. The molecule has 0 unspecified atom stereocenters. The normalized spacial score (nSPS) is 10.7. The highest BCUT2D eigenvalue weighted by molar-refractivity contribution is 7.16. The van der Waals surface area contributed by atoms with Gasteiger partial charge in [-0.2, -0.15) is 0 Å². The topological polar surface area (TPSA) is 47.0 Å². The highest BCUT2D eigenvalue weighted by atomic mass is 35.5. The molecule has 102 valence electrons. The summed E-state index contributed by atoms with van der Waals surface area (Å²) in [5, 5.41) is 6.52. The molecule has 4 nitrogen and oxygen atoms in total. The lowest BCUT2D eigenvalue weighted by Gasteiger charge is -2.08. The van der Waals surface area contributed by atoms with Crippen molar-refractivity contribution in [3.05, 3.63) is 46.6 Å². The number of benzene rings is 1. The number of aromatic nitrogens is 2. The predicted molar refractivity (Wildman–Crippen MR) is 82.7 cm³/mol. The highest BCUT2D eigenvalue weighted by Gasteiger charge is 2.07. The second-order valence-corrected chi connectivity index (χ2v) is 5.42. The molecule has 0 saturated heterocycles. The van der Waals surface area contributed by atoms with Crippen molar-refractivity contribution in [2.24, 2.45) is 0 Å². The second kappa shape index (κ2) is 5.64. The van der Waals surface area contributed by atoms with Gasteiger partial charge in [0.1, 0.15) is 16.4 Å². The third-order valence-corrected chi connectivity index (χ3v) is 3.87. The van der Waals surface area contributed by atoms with Crippen LogP contribution in [0.15, 0.2) is 35.7 Å². The van der Waals surface area contributed by atoms with E-state index in [9.17, 15) is 0 Å². The summed E-state index contributed by atoms with van der Waals surface area (Å²) in [4.78, 5) is 9.33. The second-order valence-electron chi connectivity index (χ2n) is 4.19. The molecule has 0 aliphatic heterocycles. The molecule has 0 fully saturated rings. The van der Waals surface area contributed by atoms with Gasteiger partial charge in [0.2, 0.25) is 5.28 Å². The van der Waals surface area contributed by atoms with Gasteiger partial charge >= 0.3 is 0 Å². The minimum absolute atomic E-state index is 0.257. The van der Waals surface area contributed by atoms with Gasteiger partial charge in [-0.25, -0.2) is 9.97 Å². The van der Waals surface area contributed by atoms with Crippen LogP contribution in [-0.4, -0.2) is 17.1 Å². The summed E-state index contributed by atoms with van der Waals surface area (Å²) in [5.41, 5.74) is 1.11. The van der Waals surface area contributed by atoms with Crippen molar-refractivity contribution in [1.29, 1.82) is 0 Å². The molecule has 0 radical (unpaired) electrons. The van der Waals surface area contributed by atoms with Crippen LogP contribution in [0.1, 0.15) is 5.56 Å². The maximum absolute atomic E-state index is 5.93. The van der Waals surface area contributed by atoms with Crippen LogP contribution in [-0.2, 0) is 6.54 Å². The smallest absolute Gasteiger partial charge is 0.225 e. The minimum atomic E-state index is 0.257. The van der Waals surface area contributed by atoms with E-state index in [1.165, 1.54) is 0 Å². The molecule has 2 heterocycles. The average molecular weight is 306 g/mol. The zero-order valence-electron chi connectivity index (χ0n) is 10.8. The summed E-state index contributed by atoms with van der Waals surface area (Å²) in [7, 11) is 1.66. The van der Waals surface area contributed by atoms with E-state index in [1.54, 1.807) is 18.4 Å². The number of ether oxygens (including phenoxy) is 1. The number of halogens is 1. The van der Waals surface area contributed by atoms with Crippen LogP contribution in [0.4, 0.5) is 5.82 Å². The first kappa shape index (κ1) is 13.1. The first-order valence-electron chi connectivity index (χ1n) is 6.04. The largest absolute Gasteiger partial charge is 0.497 e. The fourth-order valence-corrected chi connectivity index (χ4v) is 2.92. The summed E-state index contributed by atoms with van der Waals surface area (Å²) in [6, 6.07) is 9.89. The summed E-state index contributed by atoms with van der Waals surface area (Å²) in [5.74, 6) is 1.59. The van der Waals surface area contributed by atoms with Gasteiger partial charge in [0.25, 0.3) is 0 Å². The van der Waals surface area contributed by atoms with E-state index in [0.29, 0.717) is 6.54 Å². The first-order valence-corrected chi connectivity index (χ1v) is 7.29. The Balaban J connectivity index is 1.84. The maximum atomic E-state index is 5.93. The number of anilines is 1. The fraction of sp³-hybridized carbons (Fsp3) is 0.143. The van der Waals surface area contributed by atoms with Crippen molar-refractivity contribution in [3.63, 3.8) is 0 Å². The first-order chi connectivity index (χ1) is 9.76. The third kappa shape index (κ3) is 2.69. The lowest BCUT2D eigenvalue weighted by atomic mass is 10.2. The number of nitrogens with one attached hydrogen (secondary N) is 1. The van der Waals surface area contributed by atoms with E-state index >= 15 is 0 Å². The summed E-state index contributed by atoms with van der Waals surface area (Å²) in [6.45, 7) is 0.648. The molecule has 6 heteroatoms. The molecular weight excluding hydrogens is 294 g/mol. The Hall–Kier alpha value is -1.85. The van der Waals surface area contributed by atoms with Gasteiger partial charge in [0, 0.05) is 6.54 Å². The van der Waals surface area contributed by atoms with Gasteiger partial charge < -0.3 is 10.1 Å². The van der Waals surface area contributed by atoms with Crippen molar-refractivity contribution in [2.45, 2.75) is 6.54 Å². The molecule has 1 N–H and O–H groups in total. The Morgan fingerprint density at radius 3 is 3.05 bits per heavy atom. The Kier molecular flexibility index (Phi) is 3.71. The van der Waals surface area contributed by atoms with E-state index in [2.05, 4.69) is 15.3 Å². The fourth-order valence-electron chi connectivity index (χ4n) is 1.93. The quantitative estimate of drug-likeness (QED) is 0.741. The molecule has 0 atom stereocenters. The monoisotopic (exact) mass is 305 g/mol. The number of fused-ring (bicyclic) bond motifs is 1. The predicted octanol–water partition coefficient (Wildman–Crippen LogP) is 3.97. The van der Waals surface area contributed by atoms with Gasteiger partial charge in [-0.3, -0.25) is 0 Å². The van der Waals surface area contributed by atoms with E-state index < -0.39 is 0 Å². The zero-order chi connectivity index (χ0) is 13.9. The molecule has 0 amide bonds. The van der Waals surface area contributed by atoms with Gasteiger partial charge in [-0.1, -0.05) is 12.1 Å². The number of methoxy groups -OCH3 is 1. The Morgan fingerprint density at radius 1 is 1.30 bits per heavy atom. The van der Waals surface area contributed by atoms with Crippen LogP contribution < -0.4 is 10.1 Å². The van der Waals surface area contributed by atoms with Crippen LogP contribution in [0, 0.1) is 0 Å². The molecular formula is C14H12ClN3OS. The van der Waals surface area contributed by atoms with Crippen molar-refractivity contribution >= 4 is 39.0 Å². The molecule has 3 rings (SSSR count). The summed E-state index contributed by atoms with van der Waals surface area (Å²) in [6.07, 6.45) is 0. The van der Waals surface area contributed by atoms with Crippen LogP contribution in [0.5, 0.6) is 5.75 Å². The number of nitrogens with zero attached hydrogens (tertiary/aromatic N) is 2. The molecule has 3 aromatic rings. The van der Waals surface area contributed by atoms with Gasteiger partial charge in [-0.05, 0) is 40.7 Å². The minimum Gasteiger partial charge on any atom is -0.497 e. The summed E-state index contributed by atoms with van der Waals surface area (Å²) >= 11 is 7.48. The Labute approximate surface area is 125 Å². The van der Waals surface area contributed by atoms with Crippen molar-refractivity contribution in [1.82, 2.24) is 9.97 Å². The van der Waals surface area contributed by atoms with Gasteiger partial charge in [0.05, 0.1) is 12.5 Å². The average Bonchev–Trinajstić information content (AvgIpc) is 2.93. The molecule has 20 heavy (non-hydrogen) atoms. The molecule has 1 aromatic carbocycles. The number of hydrogen-bond donors (Lipinski definition) is 1. The lowest BCUT2D eigenvalue weighted by Crippen LogP contribution is -2.02. The van der Waals surface area contributed by atoms with Crippen molar-refractivity contribution < 1.29 is 4.74 Å². The third-order valence-electron chi connectivity index (χ3n) is 2.89. The van der Waals surface area contributed by atoms with Crippen molar-refractivity contribution in [3.8, 4) is 5.75 Å². The molecule has 2 aromatic heterocycles. The number of rotatable bonds is 4. The Bertz CT molecular complexity index is 744. The van der Waals surface area contributed by atoms with Gasteiger partial charge in [-0.15, -0.1) is 11.3 Å². The summed E-state index contributed by atoms with van der Waals surface area (Å²) < 4.78 is 5.21. The molecule has 0 aliphatic carbocycles. The maximum Gasteiger partial charge on any atom is 0.225 e. The van der Waals surface area contributed by atoms with E-state index in [-0.39, 0.29) is 5.28 Å². The molecule has 0 bridgehead atoms. The Morgan fingerprint density at radius 2 is 2.20 bits per heavy atom. The highest BCUT2D eigenvalue weighted by Crippen LogP contribution is 2.26. The standard InChI is InChI=1S/C14H12ClN3OS/c1-19-10-4-2-3-9(7-10)8-16-12-11-5-6-20-13(11)18-14(15)17-12/h2-7H,8H2,1H3,(H,16,17,18). The van der Waals surface area contributed by atoms with Crippen LogP contribution >= 0.6 is 22.9 Å². The van der Waals surface area contributed by atoms with E-state index in [4.69, 9.17) is 16.3 Å². The van der Waals surface area contributed by atoms with Crippen molar-refractivity contribution in [2.75, 3.05) is 12.4 Å². The molecule has 0 saturated carbocycles. The molecule has 0 aliphatic rings. The number of thiophene rings is 1. The molecule has 0 spiro atoms. The van der Waals surface area contributed by atoms with Crippen LogP contribution in [0.2, 0.25) is 5.28 Å². The van der Waals surface area contributed by atoms with Crippen LogP contribution in [0.25, 0.3) is 10.2 Å². The van der Waals surface area contributed by atoms with Crippen LogP contribution in [0.3, 0.4) is 0 Å². The zero-order valence-corrected chi connectivity index (χ0v) is 12.3. The van der Waals surface area contributed by atoms with E-state index in [0.717, 1.165) is 27.3 Å². The SMILES string of the molecule is COc1cccc(CNc2nc(Cl)nc3sccc23)c1. The lowest BCUT2D eigenvalue weighted by molar-refractivity contribution is 0.414. The van der Waals surface area contributed by atoms with Gasteiger partial charge in [0.15, 0.2) is 0 Å².